The number of nitrogens with zero attached hydrogens (tertiary/aromatic N) is 4. The van der Waals surface area contributed by atoms with Gasteiger partial charge in [0, 0.05) is 34.5 Å². The van der Waals surface area contributed by atoms with Crippen LogP contribution in [0.4, 0.5) is 0 Å². The second-order valence-electron chi connectivity index (χ2n) is 15.0. The normalized spacial score (nSPS) is 13.8. The fourth-order valence-corrected chi connectivity index (χ4v) is 9.08. The Morgan fingerprint density at radius 3 is 1.80 bits per heavy atom. The second kappa shape index (κ2) is 14.0. The molecule has 1 saturated carbocycles. The molecule has 10 rings (SSSR count). The summed E-state index contributed by atoms with van der Waals surface area (Å²) in [7, 11) is 0. The monoisotopic (exact) mass is 718 g/mol. The second-order valence-corrected chi connectivity index (χ2v) is 15.0. The van der Waals surface area contributed by atoms with Gasteiger partial charge in [-0.2, -0.15) is 5.26 Å². The summed E-state index contributed by atoms with van der Waals surface area (Å²) >= 11 is 0. The minimum absolute atomic E-state index is 0.0327. The number of rotatable bonds is 6. The number of nitriles is 1. The molecule has 0 radical (unpaired) electrons. The fourth-order valence-electron chi connectivity index (χ4n) is 9.08. The van der Waals surface area contributed by atoms with Crippen LogP contribution in [0.2, 0.25) is 0 Å². The van der Waals surface area contributed by atoms with Crippen molar-refractivity contribution in [3.8, 4) is 84.5 Å². The highest BCUT2D eigenvalue weighted by Gasteiger charge is 2.44. The number of fused-ring (bicyclic) bond motifs is 5. The smallest absolute Gasteiger partial charge is 0.160 e. The van der Waals surface area contributed by atoms with Gasteiger partial charge >= 0.3 is 0 Å². The molecule has 0 aliphatic heterocycles. The average Bonchev–Trinajstić information content (AvgIpc) is 3.55. The highest BCUT2D eigenvalue weighted by molar-refractivity contribution is 5.94. The molecular formula is C52H38N4. The third-order valence-corrected chi connectivity index (χ3v) is 11.8. The van der Waals surface area contributed by atoms with E-state index >= 15 is 0 Å². The van der Waals surface area contributed by atoms with Gasteiger partial charge in [-0.25, -0.2) is 9.97 Å². The van der Waals surface area contributed by atoms with Crippen molar-refractivity contribution in [1.82, 2.24) is 15.0 Å². The van der Waals surface area contributed by atoms with Crippen LogP contribution in [0.3, 0.4) is 0 Å². The van der Waals surface area contributed by atoms with Gasteiger partial charge in [0.2, 0.25) is 0 Å². The summed E-state index contributed by atoms with van der Waals surface area (Å²) in [6.07, 6.45) is 9.76. The van der Waals surface area contributed by atoms with Crippen LogP contribution in [-0.2, 0) is 5.41 Å². The first kappa shape index (κ1) is 33.6. The van der Waals surface area contributed by atoms with Gasteiger partial charge < -0.3 is 0 Å². The molecule has 1 spiro atoms. The summed E-state index contributed by atoms with van der Waals surface area (Å²) in [5.41, 5.74) is 17.8. The lowest BCUT2D eigenvalue weighted by Gasteiger charge is -2.36. The van der Waals surface area contributed by atoms with Gasteiger partial charge in [-0.3, -0.25) is 4.98 Å². The maximum Gasteiger partial charge on any atom is 0.160 e. The summed E-state index contributed by atoms with van der Waals surface area (Å²) in [5, 5.41) is 9.88. The molecule has 8 aromatic rings. The molecule has 0 saturated heterocycles. The van der Waals surface area contributed by atoms with E-state index in [2.05, 4.69) is 138 Å². The van der Waals surface area contributed by atoms with Gasteiger partial charge in [-0.15, -0.1) is 0 Å². The number of hydrogen-bond donors (Lipinski definition) is 0. The average molecular weight is 719 g/mol. The van der Waals surface area contributed by atoms with Crippen molar-refractivity contribution in [3.05, 3.63) is 187 Å². The van der Waals surface area contributed by atoms with Crippen molar-refractivity contribution in [2.45, 2.75) is 37.5 Å². The van der Waals surface area contributed by atoms with Crippen LogP contribution in [-0.4, -0.2) is 15.0 Å². The summed E-state index contributed by atoms with van der Waals surface area (Å²) in [6.45, 7) is 0. The Bertz CT molecular complexity index is 2760. The Hall–Kier alpha value is -6.96. The Morgan fingerprint density at radius 2 is 1.11 bits per heavy atom. The lowest BCUT2D eigenvalue weighted by atomic mass is 9.67. The summed E-state index contributed by atoms with van der Waals surface area (Å²) in [5.74, 6) is 0.695. The molecule has 4 heteroatoms. The lowest BCUT2D eigenvalue weighted by molar-refractivity contribution is 0.353. The van der Waals surface area contributed by atoms with Crippen LogP contribution in [0.25, 0.3) is 78.4 Å². The van der Waals surface area contributed by atoms with Crippen molar-refractivity contribution in [1.29, 1.82) is 5.26 Å². The molecule has 56 heavy (non-hydrogen) atoms. The van der Waals surface area contributed by atoms with Crippen LogP contribution in [0.15, 0.2) is 170 Å². The molecule has 0 unspecified atom stereocenters. The molecule has 4 nitrogen and oxygen atoms in total. The van der Waals surface area contributed by atoms with Crippen LogP contribution in [0.1, 0.15) is 48.8 Å². The first-order chi connectivity index (χ1) is 27.7. The van der Waals surface area contributed by atoms with Crippen LogP contribution in [0, 0.1) is 11.3 Å². The highest BCUT2D eigenvalue weighted by atomic mass is 14.9. The van der Waals surface area contributed by atoms with Gasteiger partial charge in [0.25, 0.3) is 0 Å². The Labute approximate surface area is 327 Å². The van der Waals surface area contributed by atoms with Gasteiger partial charge in [-0.1, -0.05) is 147 Å². The third kappa shape index (κ3) is 5.90. The molecule has 2 heterocycles. The van der Waals surface area contributed by atoms with E-state index in [4.69, 9.17) is 9.97 Å². The maximum atomic E-state index is 9.88. The van der Waals surface area contributed by atoms with E-state index in [0.29, 0.717) is 5.82 Å². The van der Waals surface area contributed by atoms with Gasteiger partial charge in [0.15, 0.2) is 5.82 Å². The van der Waals surface area contributed by atoms with Crippen LogP contribution in [0.5, 0.6) is 0 Å². The van der Waals surface area contributed by atoms with Crippen LogP contribution < -0.4 is 0 Å². The first-order valence-electron chi connectivity index (χ1n) is 19.5. The zero-order valence-corrected chi connectivity index (χ0v) is 31.0. The van der Waals surface area contributed by atoms with Gasteiger partial charge in [0.1, 0.15) is 0 Å². The molecule has 266 valence electrons. The molecule has 0 atom stereocenters. The lowest BCUT2D eigenvalue weighted by Crippen LogP contribution is -2.28. The van der Waals surface area contributed by atoms with Crippen molar-refractivity contribution in [3.63, 3.8) is 0 Å². The summed E-state index contributed by atoms with van der Waals surface area (Å²) < 4.78 is 0. The molecular weight excluding hydrogens is 681 g/mol. The van der Waals surface area contributed by atoms with E-state index in [1.165, 1.54) is 52.6 Å². The van der Waals surface area contributed by atoms with Crippen molar-refractivity contribution < 1.29 is 0 Å². The zero-order valence-electron chi connectivity index (χ0n) is 31.0. The standard InChI is InChI=1S/C52H38N4/c53-33-35-17-26-46-45(30-35)50-44(15-8-16-47(50)52(46)27-5-2-6-28-52)42-13-7-12-41(31-42)36-18-22-38(23-19-36)48-32-49(56-51(55-48)40-10-3-1-4-11-40)39-24-20-37(21-25-39)43-14-9-29-54-34-43/h1,3-4,7-26,29-32,34H,2,5-6,27-28H2. The molecule has 1 fully saturated rings. The Balaban J connectivity index is 1.01. The molecule has 2 aromatic heterocycles. The van der Waals surface area contributed by atoms with E-state index in [1.54, 1.807) is 6.20 Å². The highest BCUT2D eigenvalue weighted by Crippen LogP contribution is 2.58. The topological polar surface area (TPSA) is 62.5 Å². The van der Waals surface area contributed by atoms with Gasteiger partial charge in [-0.05, 0) is 98.8 Å². The number of benzene rings is 6. The Morgan fingerprint density at radius 1 is 0.464 bits per heavy atom. The van der Waals surface area contributed by atoms with E-state index in [9.17, 15) is 5.26 Å². The van der Waals surface area contributed by atoms with Gasteiger partial charge in [0.05, 0.1) is 23.0 Å². The first-order valence-corrected chi connectivity index (χ1v) is 19.5. The largest absolute Gasteiger partial charge is 0.264 e. The Kier molecular flexibility index (Phi) is 8.42. The number of hydrogen-bond acceptors (Lipinski definition) is 4. The van der Waals surface area contributed by atoms with E-state index in [1.807, 2.05) is 36.5 Å². The third-order valence-electron chi connectivity index (χ3n) is 11.8. The SMILES string of the molecule is N#Cc1ccc2c(c1)-c1c(-c3cccc(-c4ccc(-c5cc(-c6ccc(-c7cccnc7)cc6)nc(-c6ccccc6)n5)cc4)c3)cccc1C21CCCCC1. The minimum atomic E-state index is 0.0327. The zero-order chi connectivity index (χ0) is 37.5. The number of aromatic nitrogens is 3. The molecule has 0 amide bonds. The molecule has 2 aliphatic rings. The molecule has 6 aromatic carbocycles. The molecule has 2 aliphatic carbocycles. The summed E-state index contributed by atoms with van der Waals surface area (Å²) in [6, 6.07) is 58.0. The quantitative estimate of drug-likeness (QED) is 0.172. The predicted octanol–water partition coefficient (Wildman–Crippen LogP) is 13.0. The summed E-state index contributed by atoms with van der Waals surface area (Å²) in [4.78, 5) is 14.4. The minimum Gasteiger partial charge on any atom is -0.264 e. The van der Waals surface area contributed by atoms with Crippen LogP contribution >= 0.6 is 0 Å². The predicted molar refractivity (Wildman–Crippen MR) is 226 cm³/mol. The van der Waals surface area contributed by atoms with Crippen molar-refractivity contribution >= 4 is 0 Å². The molecule has 0 N–H and O–H groups in total. The van der Waals surface area contributed by atoms with E-state index < -0.39 is 0 Å². The van der Waals surface area contributed by atoms with E-state index in [-0.39, 0.29) is 5.41 Å². The number of pyridine rings is 1. The fraction of sp³-hybridized carbons (Fsp3) is 0.115. The molecule has 0 bridgehead atoms. The maximum absolute atomic E-state index is 9.88. The van der Waals surface area contributed by atoms with E-state index in [0.717, 1.165) is 68.7 Å². The van der Waals surface area contributed by atoms with Crippen molar-refractivity contribution in [2.75, 3.05) is 0 Å². The van der Waals surface area contributed by atoms with Crippen molar-refractivity contribution in [2.24, 2.45) is 0 Å².